The molecule has 2 nitrogen and oxygen atoms in total. The van der Waals surface area contributed by atoms with Crippen LogP contribution in [0.3, 0.4) is 0 Å². The lowest BCUT2D eigenvalue weighted by Gasteiger charge is -2.45. The van der Waals surface area contributed by atoms with Gasteiger partial charge in [0.15, 0.2) is 11.6 Å². The van der Waals surface area contributed by atoms with Gasteiger partial charge in [-0.2, -0.15) is 0 Å². The summed E-state index contributed by atoms with van der Waals surface area (Å²) in [7, 11) is 0. The molecule has 34 heavy (non-hydrogen) atoms. The first-order valence-electron chi connectivity index (χ1n) is 14.2. The minimum Gasteiger partial charge on any atom is -0.423 e. The predicted molar refractivity (Wildman–Crippen MR) is 138 cm³/mol. The van der Waals surface area contributed by atoms with Crippen molar-refractivity contribution in [2.45, 2.75) is 110 Å². The Morgan fingerprint density at radius 2 is 1.53 bits per heavy atom. The Morgan fingerprint density at radius 1 is 0.882 bits per heavy atom. The molecule has 0 N–H and O–H groups in total. The summed E-state index contributed by atoms with van der Waals surface area (Å²) in [6.45, 7) is 2.29. The van der Waals surface area contributed by atoms with Gasteiger partial charge in [-0.1, -0.05) is 63.5 Å². The summed E-state index contributed by atoms with van der Waals surface area (Å²) >= 11 is 5.80. The van der Waals surface area contributed by atoms with Crippen molar-refractivity contribution in [3.63, 3.8) is 0 Å². The van der Waals surface area contributed by atoms with Crippen LogP contribution in [0.5, 0.6) is 5.75 Å². The van der Waals surface area contributed by atoms with Crippen LogP contribution in [0, 0.1) is 41.3 Å². The molecule has 0 radical (unpaired) electrons. The van der Waals surface area contributed by atoms with Crippen molar-refractivity contribution in [3.05, 3.63) is 29.0 Å². The summed E-state index contributed by atoms with van der Waals surface area (Å²) in [5, 5.41) is 0.309. The fraction of sp³-hybridized carbons (Fsp3) is 0.767. The average Bonchev–Trinajstić information content (AvgIpc) is 2.85. The topological polar surface area (TPSA) is 26.3 Å². The van der Waals surface area contributed by atoms with Gasteiger partial charge in [-0.15, -0.1) is 0 Å². The van der Waals surface area contributed by atoms with Crippen molar-refractivity contribution in [2.75, 3.05) is 0 Å². The number of benzene rings is 1. The lowest BCUT2D eigenvalue weighted by atomic mass is 9.60. The summed E-state index contributed by atoms with van der Waals surface area (Å²) < 4.78 is 19.4. The molecule has 3 fully saturated rings. The van der Waals surface area contributed by atoms with Crippen molar-refractivity contribution in [1.82, 2.24) is 0 Å². The van der Waals surface area contributed by atoms with E-state index < -0.39 is 5.82 Å². The van der Waals surface area contributed by atoms with E-state index in [2.05, 4.69) is 6.92 Å². The summed E-state index contributed by atoms with van der Waals surface area (Å²) in [5.74, 6) is 3.56. The molecule has 4 atom stereocenters. The minimum atomic E-state index is -0.572. The van der Waals surface area contributed by atoms with Crippen LogP contribution in [0.15, 0.2) is 18.2 Å². The fourth-order valence-corrected chi connectivity index (χ4v) is 7.48. The molecule has 4 rings (SSSR count). The van der Waals surface area contributed by atoms with Crippen LogP contribution in [-0.4, -0.2) is 5.97 Å². The van der Waals surface area contributed by atoms with Gasteiger partial charge >= 0.3 is 5.97 Å². The third-order valence-corrected chi connectivity index (χ3v) is 9.59. The number of rotatable bonds is 9. The van der Waals surface area contributed by atoms with Gasteiger partial charge in [-0.25, -0.2) is 4.39 Å². The highest BCUT2D eigenvalue weighted by atomic mass is 35.5. The van der Waals surface area contributed by atoms with Gasteiger partial charge in [0.25, 0.3) is 0 Å². The molecular weight excluding hydrogens is 447 g/mol. The molecule has 0 saturated heterocycles. The number of ether oxygens (including phenoxy) is 1. The third kappa shape index (κ3) is 6.99. The minimum absolute atomic E-state index is 0.00796. The number of fused-ring (bicyclic) bond motifs is 1. The number of carbonyl (C=O) groups excluding carboxylic acids is 1. The van der Waals surface area contributed by atoms with Gasteiger partial charge in [0.2, 0.25) is 0 Å². The molecular formula is C30H44ClFO2. The zero-order chi connectivity index (χ0) is 23.9. The van der Waals surface area contributed by atoms with Crippen molar-refractivity contribution in [2.24, 2.45) is 35.5 Å². The van der Waals surface area contributed by atoms with E-state index in [1.807, 2.05) is 0 Å². The molecule has 0 bridgehead atoms. The van der Waals surface area contributed by atoms with Crippen LogP contribution in [0.2, 0.25) is 5.02 Å². The first-order chi connectivity index (χ1) is 16.5. The van der Waals surface area contributed by atoms with Crippen molar-refractivity contribution >= 4 is 17.6 Å². The number of unbranched alkanes of at least 4 members (excludes halogenated alkanes) is 4. The largest absolute Gasteiger partial charge is 0.423 e. The quantitative estimate of drug-likeness (QED) is 0.196. The molecule has 3 aliphatic carbocycles. The molecule has 190 valence electrons. The highest BCUT2D eigenvalue weighted by Gasteiger charge is 2.39. The third-order valence-electron chi connectivity index (χ3n) is 9.35. The second kappa shape index (κ2) is 12.7. The van der Waals surface area contributed by atoms with Gasteiger partial charge in [0.05, 0.1) is 5.92 Å². The van der Waals surface area contributed by atoms with Crippen LogP contribution in [0.1, 0.15) is 110 Å². The molecule has 1 aromatic carbocycles. The zero-order valence-corrected chi connectivity index (χ0v) is 21.8. The van der Waals surface area contributed by atoms with E-state index in [4.69, 9.17) is 16.3 Å². The van der Waals surface area contributed by atoms with Gasteiger partial charge in [0.1, 0.15) is 0 Å². The van der Waals surface area contributed by atoms with E-state index in [1.165, 1.54) is 89.2 Å². The number of hydrogen-bond donors (Lipinski definition) is 0. The molecule has 0 aromatic heterocycles. The fourth-order valence-electron chi connectivity index (χ4n) is 7.33. The molecule has 0 amide bonds. The molecule has 3 aliphatic rings. The maximum Gasteiger partial charge on any atom is 0.314 e. The monoisotopic (exact) mass is 490 g/mol. The number of carbonyl (C=O) groups is 1. The second-order valence-electron chi connectivity index (χ2n) is 11.6. The molecule has 0 aliphatic heterocycles. The Bertz CT molecular complexity index is 788. The normalized spacial score (nSPS) is 31.6. The van der Waals surface area contributed by atoms with E-state index in [-0.39, 0.29) is 17.6 Å². The highest BCUT2D eigenvalue weighted by molar-refractivity contribution is 6.30. The Hall–Kier alpha value is -1.09. The number of esters is 1. The highest BCUT2D eigenvalue weighted by Crippen LogP contribution is 2.49. The van der Waals surface area contributed by atoms with E-state index in [1.54, 1.807) is 6.07 Å². The summed E-state index contributed by atoms with van der Waals surface area (Å²) in [6, 6.07) is 4.20. The van der Waals surface area contributed by atoms with E-state index >= 15 is 0 Å². The van der Waals surface area contributed by atoms with Gasteiger partial charge in [0, 0.05) is 5.02 Å². The summed E-state index contributed by atoms with van der Waals surface area (Å²) in [4.78, 5) is 12.6. The van der Waals surface area contributed by atoms with Crippen LogP contribution in [0.25, 0.3) is 0 Å². The van der Waals surface area contributed by atoms with E-state index in [0.717, 1.165) is 55.3 Å². The number of halogens is 2. The lowest BCUT2D eigenvalue weighted by Crippen LogP contribution is -2.35. The first kappa shape index (κ1) is 26.0. The second-order valence-corrected chi connectivity index (χ2v) is 12.0. The molecule has 4 unspecified atom stereocenters. The lowest BCUT2D eigenvalue weighted by molar-refractivity contribution is -0.140. The number of hydrogen-bond acceptors (Lipinski definition) is 2. The van der Waals surface area contributed by atoms with Crippen LogP contribution >= 0.6 is 11.6 Å². The standard InChI is InChI=1S/C30H44ClFO2/c1-2-3-4-5-6-7-21-8-9-26-19-25(15-14-24(26)18-21)22-10-12-23(13-11-22)30(33)34-29-17-16-27(31)20-28(29)32/h16-17,20-26H,2-15,18-19H2,1H3. The Kier molecular flexibility index (Phi) is 9.74. The molecule has 1 aromatic rings. The predicted octanol–water partition coefficient (Wildman–Crippen LogP) is 9.38. The molecule has 0 heterocycles. The maximum absolute atomic E-state index is 14.0. The average molecular weight is 491 g/mol. The zero-order valence-electron chi connectivity index (χ0n) is 21.1. The van der Waals surface area contributed by atoms with Crippen molar-refractivity contribution < 1.29 is 13.9 Å². The molecule has 4 heteroatoms. The van der Waals surface area contributed by atoms with Crippen molar-refractivity contribution in [3.8, 4) is 5.75 Å². The van der Waals surface area contributed by atoms with Gasteiger partial charge in [-0.3, -0.25) is 4.79 Å². The van der Waals surface area contributed by atoms with E-state index in [0.29, 0.717) is 5.02 Å². The maximum atomic E-state index is 14.0. The Labute approximate surface area is 211 Å². The van der Waals surface area contributed by atoms with Crippen molar-refractivity contribution in [1.29, 1.82) is 0 Å². The summed E-state index contributed by atoms with van der Waals surface area (Å²) in [5.41, 5.74) is 0. The van der Waals surface area contributed by atoms with Gasteiger partial charge in [-0.05, 0) is 106 Å². The Balaban J connectivity index is 1.17. The molecule has 3 saturated carbocycles. The smallest absolute Gasteiger partial charge is 0.314 e. The van der Waals surface area contributed by atoms with E-state index in [9.17, 15) is 9.18 Å². The molecule has 0 spiro atoms. The van der Waals surface area contributed by atoms with Gasteiger partial charge < -0.3 is 4.74 Å². The SMILES string of the molecule is CCCCCCCC1CCC2CC(C3CCC(C(=O)Oc4ccc(Cl)cc4F)CC3)CCC2C1. The Morgan fingerprint density at radius 3 is 2.26 bits per heavy atom. The van der Waals surface area contributed by atoms with Crippen LogP contribution < -0.4 is 4.74 Å². The first-order valence-corrected chi connectivity index (χ1v) is 14.6. The van der Waals surface area contributed by atoms with Crippen LogP contribution in [0.4, 0.5) is 4.39 Å². The summed E-state index contributed by atoms with van der Waals surface area (Å²) in [6.07, 6.45) is 21.1. The van der Waals surface area contributed by atoms with Crippen LogP contribution in [-0.2, 0) is 4.79 Å².